The summed E-state index contributed by atoms with van der Waals surface area (Å²) in [6.07, 6.45) is 4.42. The van der Waals surface area contributed by atoms with Crippen molar-refractivity contribution in [2.75, 3.05) is 0 Å². The third-order valence-corrected chi connectivity index (χ3v) is 4.20. The summed E-state index contributed by atoms with van der Waals surface area (Å²) in [5, 5.41) is 0.168. The highest BCUT2D eigenvalue weighted by molar-refractivity contribution is 6.22. The molecule has 0 heterocycles. The van der Waals surface area contributed by atoms with Gasteiger partial charge in [-0.05, 0) is 40.4 Å². The molecule has 0 fully saturated rings. The first-order valence-corrected chi connectivity index (χ1v) is 7.57. The van der Waals surface area contributed by atoms with E-state index in [1.807, 2.05) is 0 Å². The molecule has 1 heteroatoms. The zero-order chi connectivity index (χ0) is 14.3. The summed E-state index contributed by atoms with van der Waals surface area (Å²) in [5.74, 6) is 0. The smallest absolute Gasteiger partial charge is 0.0527 e. The molecule has 1 aliphatic carbocycles. The highest BCUT2D eigenvalue weighted by atomic mass is 35.5. The maximum Gasteiger partial charge on any atom is 0.0527 e. The maximum atomic E-state index is 6.37. The predicted octanol–water partition coefficient (Wildman–Crippen LogP) is 5.79. The molecule has 0 saturated carbocycles. The normalized spacial score (nSPS) is 23.1. The Morgan fingerprint density at radius 2 is 1.68 bits per heavy atom. The third kappa shape index (κ3) is 3.63. The summed E-state index contributed by atoms with van der Waals surface area (Å²) in [6.45, 7) is 11.4. The molecule has 0 radical (unpaired) electrons. The van der Waals surface area contributed by atoms with E-state index in [0.717, 1.165) is 12.8 Å². The Kier molecular flexibility index (Phi) is 3.84. The number of rotatable bonds is 1. The van der Waals surface area contributed by atoms with Crippen LogP contribution in [0, 0.1) is 5.41 Å². The molecule has 19 heavy (non-hydrogen) atoms. The molecule has 0 aromatic heterocycles. The Balaban J connectivity index is 2.28. The van der Waals surface area contributed by atoms with E-state index in [4.69, 9.17) is 11.6 Å². The highest BCUT2D eigenvalue weighted by Crippen LogP contribution is 2.41. The van der Waals surface area contributed by atoms with E-state index in [1.54, 1.807) is 0 Å². The molecule has 1 aliphatic rings. The molecule has 0 N–H and O–H groups in total. The fraction of sp³-hybridized carbons (Fsp3) is 0.556. The Morgan fingerprint density at radius 1 is 1.11 bits per heavy atom. The van der Waals surface area contributed by atoms with Crippen molar-refractivity contribution in [2.24, 2.45) is 5.41 Å². The van der Waals surface area contributed by atoms with Gasteiger partial charge < -0.3 is 0 Å². The van der Waals surface area contributed by atoms with Gasteiger partial charge in [0.15, 0.2) is 0 Å². The average molecular weight is 277 g/mol. The van der Waals surface area contributed by atoms with Gasteiger partial charge in [0.25, 0.3) is 0 Å². The topological polar surface area (TPSA) is 0 Å². The molecule has 1 aromatic rings. The first kappa shape index (κ1) is 14.7. The zero-order valence-electron chi connectivity index (χ0n) is 12.8. The van der Waals surface area contributed by atoms with Crippen molar-refractivity contribution in [2.45, 2.75) is 58.3 Å². The molecule has 0 aliphatic heterocycles. The van der Waals surface area contributed by atoms with E-state index in [9.17, 15) is 0 Å². The SMILES string of the molecule is CC1(C)CC(c2ccc(C(C)(C)C)cc2)=CC(Cl)C1. The summed E-state index contributed by atoms with van der Waals surface area (Å²) in [4.78, 5) is 0. The third-order valence-electron chi connectivity index (χ3n) is 3.92. The van der Waals surface area contributed by atoms with E-state index in [2.05, 4.69) is 65.0 Å². The average Bonchev–Trinajstić information content (AvgIpc) is 2.25. The van der Waals surface area contributed by atoms with Gasteiger partial charge in [-0.25, -0.2) is 0 Å². The van der Waals surface area contributed by atoms with Gasteiger partial charge in [0.2, 0.25) is 0 Å². The standard InChI is InChI=1S/C18H25Cl/c1-17(2,3)15-8-6-13(7-9-15)14-10-16(19)12-18(4,5)11-14/h6-10,16H,11-12H2,1-5H3. The van der Waals surface area contributed by atoms with Crippen molar-refractivity contribution < 1.29 is 0 Å². The van der Waals surface area contributed by atoms with Gasteiger partial charge in [-0.15, -0.1) is 11.6 Å². The minimum atomic E-state index is 0.168. The van der Waals surface area contributed by atoms with Crippen molar-refractivity contribution in [1.82, 2.24) is 0 Å². The second-order valence-electron chi connectivity index (χ2n) is 7.58. The lowest BCUT2D eigenvalue weighted by Crippen LogP contribution is -2.21. The molecule has 104 valence electrons. The molecule has 2 rings (SSSR count). The van der Waals surface area contributed by atoms with Crippen LogP contribution in [0.15, 0.2) is 30.3 Å². The molecular weight excluding hydrogens is 252 g/mol. The first-order valence-electron chi connectivity index (χ1n) is 7.13. The summed E-state index contributed by atoms with van der Waals surface area (Å²) in [7, 11) is 0. The van der Waals surface area contributed by atoms with Crippen LogP contribution in [0.2, 0.25) is 0 Å². The van der Waals surface area contributed by atoms with Gasteiger partial charge in [0.05, 0.1) is 5.38 Å². The number of alkyl halides is 1. The lowest BCUT2D eigenvalue weighted by molar-refractivity contribution is 0.340. The summed E-state index contributed by atoms with van der Waals surface area (Å²) >= 11 is 6.37. The summed E-state index contributed by atoms with van der Waals surface area (Å²) in [5.41, 5.74) is 4.63. The minimum absolute atomic E-state index is 0.168. The lowest BCUT2D eigenvalue weighted by Gasteiger charge is -2.32. The molecule has 1 unspecified atom stereocenters. The second-order valence-corrected chi connectivity index (χ2v) is 8.14. The summed E-state index contributed by atoms with van der Waals surface area (Å²) < 4.78 is 0. The van der Waals surface area contributed by atoms with Gasteiger partial charge in [-0.1, -0.05) is 65.0 Å². The number of hydrogen-bond acceptors (Lipinski definition) is 0. The van der Waals surface area contributed by atoms with Crippen molar-refractivity contribution in [3.8, 4) is 0 Å². The monoisotopic (exact) mass is 276 g/mol. The first-order chi connectivity index (χ1) is 8.67. The molecule has 1 aromatic carbocycles. The summed E-state index contributed by atoms with van der Waals surface area (Å²) in [6, 6.07) is 9.00. The largest absolute Gasteiger partial charge is 0.118 e. The van der Waals surface area contributed by atoms with Crippen LogP contribution in [0.25, 0.3) is 5.57 Å². The number of halogens is 1. The Hall–Kier alpha value is -0.750. The van der Waals surface area contributed by atoms with E-state index < -0.39 is 0 Å². The quantitative estimate of drug-likeness (QED) is 0.569. The minimum Gasteiger partial charge on any atom is -0.118 e. The Bertz CT molecular complexity index is 471. The van der Waals surface area contributed by atoms with Crippen molar-refractivity contribution in [1.29, 1.82) is 0 Å². The fourth-order valence-electron chi connectivity index (χ4n) is 2.83. The van der Waals surface area contributed by atoms with Crippen LogP contribution in [0.3, 0.4) is 0 Å². The highest BCUT2D eigenvalue weighted by Gasteiger charge is 2.28. The van der Waals surface area contributed by atoms with Gasteiger partial charge in [-0.3, -0.25) is 0 Å². The predicted molar refractivity (Wildman–Crippen MR) is 85.8 cm³/mol. The maximum absolute atomic E-state index is 6.37. The Labute approximate surface area is 122 Å². The van der Waals surface area contributed by atoms with Gasteiger partial charge >= 0.3 is 0 Å². The van der Waals surface area contributed by atoms with Crippen LogP contribution in [0.5, 0.6) is 0 Å². The van der Waals surface area contributed by atoms with E-state index >= 15 is 0 Å². The fourth-order valence-corrected chi connectivity index (χ4v) is 3.40. The van der Waals surface area contributed by atoms with Gasteiger partial charge in [-0.2, -0.15) is 0 Å². The number of hydrogen-bond donors (Lipinski definition) is 0. The van der Waals surface area contributed by atoms with Gasteiger partial charge in [0.1, 0.15) is 0 Å². The molecular formula is C18H25Cl. The van der Waals surface area contributed by atoms with E-state index in [0.29, 0.717) is 5.41 Å². The van der Waals surface area contributed by atoms with Crippen molar-refractivity contribution >= 4 is 17.2 Å². The zero-order valence-corrected chi connectivity index (χ0v) is 13.5. The van der Waals surface area contributed by atoms with Gasteiger partial charge in [0, 0.05) is 0 Å². The molecule has 0 saturated heterocycles. The lowest BCUT2D eigenvalue weighted by atomic mass is 9.75. The number of benzene rings is 1. The van der Waals surface area contributed by atoms with Crippen LogP contribution in [-0.4, -0.2) is 5.38 Å². The molecule has 0 amide bonds. The van der Waals surface area contributed by atoms with Crippen LogP contribution >= 0.6 is 11.6 Å². The Morgan fingerprint density at radius 3 is 2.16 bits per heavy atom. The van der Waals surface area contributed by atoms with Crippen molar-refractivity contribution in [3.05, 3.63) is 41.5 Å². The van der Waals surface area contributed by atoms with Crippen molar-refractivity contribution in [3.63, 3.8) is 0 Å². The van der Waals surface area contributed by atoms with Crippen LogP contribution in [0.1, 0.15) is 58.6 Å². The van der Waals surface area contributed by atoms with Crippen LogP contribution in [0.4, 0.5) is 0 Å². The van der Waals surface area contributed by atoms with E-state index in [-0.39, 0.29) is 10.8 Å². The molecule has 0 nitrogen and oxygen atoms in total. The second kappa shape index (κ2) is 4.98. The molecule has 1 atom stereocenters. The van der Waals surface area contributed by atoms with E-state index in [1.165, 1.54) is 16.7 Å². The number of allylic oxidation sites excluding steroid dienone is 2. The van der Waals surface area contributed by atoms with Crippen LogP contribution < -0.4 is 0 Å². The van der Waals surface area contributed by atoms with Crippen LogP contribution in [-0.2, 0) is 5.41 Å². The molecule has 0 bridgehead atoms. The molecule has 0 spiro atoms.